The van der Waals surface area contributed by atoms with Gasteiger partial charge in [0.2, 0.25) is 0 Å². The summed E-state index contributed by atoms with van der Waals surface area (Å²) in [6, 6.07) is 4.33. The molecular formula is C14H16N2O4. The molecule has 20 heavy (non-hydrogen) atoms. The maximum Gasteiger partial charge on any atom is 0.329 e. The summed E-state index contributed by atoms with van der Waals surface area (Å²) in [5.41, 5.74) is 0.804. The maximum absolute atomic E-state index is 12.0. The zero-order valence-electron chi connectivity index (χ0n) is 11.3. The average Bonchev–Trinajstić information content (AvgIpc) is 2.67. The van der Waals surface area contributed by atoms with Crippen molar-refractivity contribution in [2.45, 2.75) is 13.3 Å². The van der Waals surface area contributed by atoms with Crippen molar-refractivity contribution in [1.29, 1.82) is 0 Å². The van der Waals surface area contributed by atoms with Crippen LogP contribution in [0.15, 0.2) is 23.9 Å². The standard InChI is InChI=1S/C14H16N2O4/c1-3-6-16-13(18)10(15-14(16)19)7-9-4-5-12(20-2)11(17)8-9/h4-5,7-8,17H,3,6H2,1-2H3,(H,15,19)/b10-7+. The van der Waals surface area contributed by atoms with Crippen LogP contribution in [-0.2, 0) is 4.79 Å². The first-order valence-electron chi connectivity index (χ1n) is 6.28. The van der Waals surface area contributed by atoms with E-state index in [9.17, 15) is 14.7 Å². The Morgan fingerprint density at radius 3 is 2.75 bits per heavy atom. The molecule has 0 spiro atoms. The Labute approximate surface area is 116 Å². The van der Waals surface area contributed by atoms with Gasteiger partial charge in [-0.05, 0) is 30.2 Å². The Balaban J connectivity index is 2.26. The lowest BCUT2D eigenvalue weighted by Crippen LogP contribution is -2.31. The van der Waals surface area contributed by atoms with E-state index in [1.54, 1.807) is 12.1 Å². The van der Waals surface area contributed by atoms with Crippen molar-refractivity contribution < 1.29 is 19.4 Å². The van der Waals surface area contributed by atoms with Crippen molar-refractivity contribution in [1.82, 2.24) is 10.2 Å². The second-order valence-corrected chi connectivity index (χ2v) is 4.38. The molecule has 1 fully saturated rings. The van der Waals surface area contributed by atoms with Gasteiger partial charge in [0.1, 0.15) is 5.70 Å². The molecule has 1 saturated heterocycles. The Morgan fingerprint density at radius 2 is 2.15 bits per heavy atom. The van der Waals surface area contributed by atoms with Crippen LogP contribution in [0.2, 0.25) is 0 Å². The third-order valence-corrected chi connectivity index (χ3v) is 2.92. The maximum atomic E-state index is 12.0. The highest BCUT2D eigenvalue weighted by molar-refractivity contribution is 6.13. The number of hydrogen-bond donors (Lipinski definition) is 2. The molecule has 106 valence electrons. The van der Waals surface area contributed by atoms with Crippen LogP contribution in [0.5, 0.6) is 11.5 Å². The monoisotopic (exact) mass is 276 g/mol. The SMILES string of the molecule is CCCN1C(=O)N/C(=C/c2ccc(OC)c(O)c2)C1=O. The highest BCUT2D eigenvalue weighted by atomic mass is 16.5. The summed E-state index contributed by atoms with van der Waals surface area (Å²) in [5, 5.41) is 12.2. The smallest absolute Gasteiger partial charge is 0.329 e. The van der Waals surface area contributed by atoms with E-state index in [4.69, 9.17) is 4.74 Å². The zero-order chi connectivity index (χ0) is 14.7. The number of rotatable bonds is 4. The van der Waals surface area contributed by atoms with Gasteiger partial charge in [0.15, 0.2) is 11.5 Å². The number of nitrogens with one attached hydrogen (secondary N) is 1. The predicted octanol–water partition coefficient (Wildman–Crippen LogP) is 1.70. The lowest BCUT2D eigenvalue weighted by atomic mass is 10.1. The van der Waals surface area contributed by atoms with E-state index in [-0.39, 0.29) is 17.4 Å². The number of imide groups is 1. The van der Waals surface area contributed by atoms with E-state index in [0.29, 0.717) is 24.3 Å². The topological polar surface area (TPSA) is 78.9 Å². The van der Waals surface area contributed by atoms with E-state index < -0.39 is 6.03 Å². The molecule has 1 aliphatic heterocycles. The first-order valence-corrected chi connectivity index (χ1v) is 6.28. The third-order valence-electron chi connectivity index (χ3n) is 2.92. The molecule has 0 atom stereocenters. The normalized spacial score (nSPS) is 16.7. The highest BCUT2D eigenvalue weighted by Gasteiger charge is 2.32. The zero-order valence-corrected chi connectivity index (χ0v) is 11.3. The molecule has 0 unspecified atom stereocenters. The highest BCUT2D eigenvalue weighted by Crippen LogP contribution is 2.27. The second-order valence-electron chi connectivity index (χ2n) is 4.38. The van der Waals surface area contributed by atoms with E-state index in [1.165, 1.54) is 19.3 Å². The van der Waals surface area contributed by atoms with E-state index in [2.05, 4.69) is 5.32 Å². The molecule has 0 aliphatic carbocycles. The summed E-state index contributed by atoms with van der Waals surface area (Å²) in [6.45, 7) is 2.28. The van der Waals surface area contributed by atoms with Gasteiger partial charge in [-0.15, -0.1) is 0 Å². The molecule has 1 aliphatic rings. The number of methoxy groups -OCH3 is 1. The molecule has 0 saturated carbocycles. The largest absolute Gasteiger partial charge is 0.504 e. The van der Waals surface area contributed by atoms with Crippen LogP contribution in [0.4, 0.5) is 4.79 Å². The molecule has 1 heterocycles. The number of carbonyl (C=O) groups is 2. The molecule has 0 aromatic heterocycles. The summed E-state index contributed by atoms with van der Waals surface area (Å²) in [4.78, 5) is 24.8. The van der Waals surface area contributed by atoms with E-state index >= 15 is 0 Å². The van der Waals surface area contributed by atoms with Crippen LogP contribution < -0.4 is 10.1 Å². The number of hydrogen-bond acceptors (Lipinski definition) is 4. The van der Waals surface area contributed by atoms with Gasteiger partial charge >= 0.3 is 6.03 Å². The summed E-state index contributed by atoms with van der Waals surface area (Å²) >= 11 is 0. The van der Waals surface area contributed by atoms with Crippen molar-refractivity contribution in [3.63, 3.8) is 0 Å². The van der Waals surface area contributed by atoms with Crippen LogP contribution in [0.1, 0.15) is 18.9 Å². The molecular weight excluding hydrogens is 260 g/mol. The Morgan fingerprint density at radius 1 is 1.40 bits per heavy atom. The van der Waals surface area contributed by atoms with Gasteiger partial charge in [0.05, 0.1) is 7.11 Å². The van der Waals surface area contributed by atoms with Crippen molar-refractivity contribution in [3.8, 4) is 11.5 Å². The van der Waals surface area contributed by atoms with Gasteiger partial charge in [0.25, 0.3) is 5.91 Å². The fourth-order valence-corrected chi connectivity index (χ4v) is 1.96. The van der Waals surface area contributed by atoms with E-state index in [1.807, 2.05) is 6.92 Å². The van der Waals surface area contributed by atoms with Gasteiger partial charge < -0.3 is 15.2 Å². The quantitative estimate of drug-likeness (QED) is 0.648. The number of carbonyl (C=O) groups excluding carboxylic acids is 2. The summed E-state index contributed by atoms with van der Waals surface area (Å²) in [6.07, 6.45) is 2.23. The van der Waals surface area contributed by atoms with Crippen LogP contribution in [0.3, 0.4) is 0 Å². The molecule has 1 aromatic carbocycles. The van der Waals surface area contributed by atoms with Crippen molar-refractivity contribution in [3.05, 3.63) is 29.5 Å². The number of urea groups is 1. The molecule has 1 aromatic rings. The number of phenolic OH excluding ortho intramolecular Hbond substituents is 1. The fraction of sp³-hybridized carbons (Fsp3) is 0.286. The summed E-state index contributed by atoms with van der Waals surface area (Å²) < 4.78 is 4.94. The summed E-state index contributed by atoms with van der Waals surface area (Å²) in [5.74, 6) is -0.0299. The summed E-state index contributed by atoms with van der Waals surface area (Å²) in [7, 11) is 1.45. The number of aromatic hydroxyl groups is 1. The minimum Gasteiger partial charge on any atom is -0.504 e. The lowest BCUT2D eigenvalue weighted by molar-refractivity contribution is -0.122. The van der Waals surface area contributed by atoms with E-state index in [0.717, 1.165) is 4.90 Å². The molecule has 6 nitrogen and oxygen atoms in total. The van der Waals surface area contributed by atoms with Crippen molar-refractivity contribution in [2.75, 3.05) is 13.7 Å². The molecule has 3 amide bonds. The van der Waals surface area contributed by atoms with Crippen LogP contribution in [0, 0.1) is 0 Å². The molecule has 2 rings (SSSR count). The number of nitrogens with zero attached hydrogens (tertiary/aromatic N) is 1. The lowest BCUT2D eigenvalue weighted by Gasteiger charge is -2.08. The molecule has 0 radical (unpaired) electrons. The minimum atomic E-state index is -0.416. The van der Waals surface area contributed by atoms with Gasteiger partial charge in [-0.3, -0.25) is 9.69 Å². The Hall–Kier alpha value is -2.50. The van der Waals surface area contributed by atoms with Crippen molar-refractivity contribution >= 4 is 18.0 Å². The number of phenols is 1. The fourth-order valence-electron chi connectivity index (χ4n) is 1.96. The Bertz CT molecular complexity index is 581. The van der Waals surface area contributed by atoms with Gasteiger partial charge in [0, 0.05) is 6.54 Å². The average molecular weight is 276 g/mol. The van der Waals surface area contributed by atoms with Gasteiger partial charge in [-0.2, -0.15) is 0 Å². The van der Waals surface area contributed by atoms with Crippen LogP contribution >= 0.6 is 0 Å². The third kappa shape index (κ3) is 2.59. The Kier molecular flexibility index (Phi) is 3.93. The van der Waals surface area contributed by atoms with Gasteiger partial charge in [-0.1, -0.05) is 13.0 Å². The second kappa shape index (κ2) is 5.64. The number of amides is 3. The minimum absolute atomic E-state index is 0.0240. The number of benzene rings is 1. The molecule has 0 bridgehead atoms. The number of ether oxygens (including phenoxy) is 1. The molecule has 6 heteroatoms. The van der Waals surface area contributed by atoms with Crippen LogP contribution in [-0.4, -0.2) is 35.6 Å². The predicted molar refractivity (Wildman–Crippen MR) is 73.2 cm³/mol. The first kappa shape index (κ1) is 13.9. The van der Waals surface area contributed by atoms with Crippen molar-refractivity contribution in [2.24, 2.45) is 0 Å². The molecule has 2 N–H and O–H groups in total. The van der Waals surface area contributed by atoms with Crippen LogP contribution in [0.25, 0.3) is 6.08 Å². The first-order chi connectivity index (χ1) is 9.56. The van der Waals surface area contributed by atoms with Gasteiger partial charge in [-0.25, -0.2) is 4.79 Å².